The Morgan fingerprint density at radius 3 is 2.42 bits per heavy atom. The second-order valence-corrected chi connectivity index (χ2v) is 6.75. The number of carbonyl (C=O) groups is 2. The number of likely N-dealkylation sites (tertiary alicyclic amines) is 1. The second kappa shape index (κ2) is 6.64. The van der Waals surface area contributed by atoms with Gasteiger partial charge < -0.3 is 9.80 Å². The van der Waals surface area contributed by atoms with Crippen LogP contribution in [0.15, 0.2) is 54.6 Å². The normalized spacial score (nSPS) is 22.0. The van der Waals surface area contributed by atoms with Gasteiger partial charge in [0.15, 0.2) is 0 Å². The Morgan fingerprint density at radius 2 is 1.73 bits per heavy atom. The zero-order chi connectivity index (χ0) is 18.1. The minimum Gasteiger partial charge on any atom is -0.333 e. The van der Waals surface area contributed by atoms with Crippen molar-refractivity contribution in [2.45, 2.75) is 31.3 Å². The lowest BCUT2D eigenvalue weighted by molar-refractivity contribution is -0.120. The first-order valence-corrected chi connectivity index (χ1v) is 8.87. The summed E-state index contributed by atoms with van der Waals surface area (Å²) in [6.07, 6.45) is 1.94. The Balaban J connectivity index is 1.59. The van der Waals surface area contributed by atoms with Gasteiger partial charge in [-0.1, -0.05) is 18.2 Å². The van der Waals surface area contributed by atoms with Gasteiger partial charge in [0, 0.05) is 24.2 Å². The number of hydrogen-bond acceptors (Lipinski definition) is 3. The van der Waals surface area contributed by atoms with E-state index in [1.807, 2.05) is 40.1 Å². The third-order valence-corrected chi connectivity index (χ3v) is 5.32. The van der Waals surface area contributed by atoms with Gasteiger partial charge in [-0.15, -0.1) is 0 Å². The van der Waals surface area contributed by atoms with Crippen molar-refractivity contribution in [2.75, 3.05) is 11.4 Å². The SMILES string of the molecule is N#Cc1ccc(C(=O)N2CC[C@H]3[C@@H]2CCC(=O)N3c2ccccc2)cc1. The summed E-state index contributed by atoms with van der Waals surface area (Å²) >= 11 is 0. The molecule has 0 spiro atoms. The number of para-hydroxylation sites is 1. The van der Waals surface area contributed by atoms with Crippen LogP contribution in [-0.2, 0) is 4.79 Å². The lowest BCUT2D eigenvalue weighted by atomic mass is 9.95. The summed E-state index contributed by atoms with van der Waals surface area (Å²) in [6, 6.07) is 18.6. The molecule has 0 unspecified atom stereocenters. The number of nitrogens with zero attached hydrogens (tertiary/aromatic N) is 3. The van der Waals surface area contributed by atoms with Crippen LogP contribution in [0.3, 0.4) is 0 Å². The lowest BCUT2D eigenvalue weighted by Crippen LogP contribution is -2.53. The third kappa shape index (κ3) is 2.74. The number of hydrogen-bond donors (Lipinski definition) is 0. The Morgan fingerprint density at radius 1 is 1.00 bits per heavy atom. The van der Waals surface area contributed by atoms with Crippen molar-refractivity contribution >= 4 is 17.5 Å². The lowest BCUT2D eigenvalue weighted by Gasteiger charge is -2.39. The van der Waals surface area contributed by atoms with Gasteiger partial charge in [0.05, 0.1) is 23.7 Å². The highest BCUT2D eigenvalue weighted by atomic mass is 16.2. The average molecular weight is 345 g/mol. The first kappa shape index (κ1) is 16.3. The molecule has 2 aromatic carbocycles. The number of benzene rings is 2. The largest absolute Gasteiger partial charge is 0.333 e. The van der Waals surface area contributed by atoms with Crippen LogP contribution < -0.4 is 4.90 Å². The van der Waals surface area contributed by atoms with E-state index < -0.39 is 0 Å². The molecule has 0 aliphatic carbocycles. The first-order chi connectivity index (χ1) is 12.7. The van der Waals surface area contributed by atoms with E-state index in [4.69, 9.17) is 5.26 Å². The highest BCUT2D eigenvalue weighted by Gasteiger charge is 2.45. The van der Waals surface area contributed by atoms with Gasteiger partial charge in [-0.2, -0.15) is 5.26 Å². The van der Waals surface area contributed by atoms with Gasteiger partial charge in [-0.3, -0.25) is 9.59 Å². The van der Waals surface area contributed by atoms with E-state index in [1.54, 1.807) is 24.3 Å². The van der Waals surface area contributed by atoms with Crippen LogP contribution in [0.1, 0.15) is 35.2 Å². The molecule has 4 rings (SSSR count). The molecule has 2 aliphatic heterocycles. The van der Waals surface area contributed by atoms with Crippen LogP contribution in [-0.4, -0.2) is 35.3 Å². The van der Waals surface area contributed by atoms with Crippen molar-refractivity contribution in [2.24, 2.45) is 0 Å². The molecule has 0 bridgehead atoms. The van der Waals surface area contributed by atoms with Crippen molar-refractivity contribution in [1.29, 1.82) is 5.26 Å². The summed E-state index contributed by atoms with van der Waals surface area (Å²) in [7, 11) is 0. The molecule has 0 N–H and O–H groups in total. The van der Waals surface area contributed by atoms with Gasteiger partial charge in [-0.05, 0) is 49.2 Å². The quantitative estimate of drug-likeness (QED) is 0.840. The summed E-state index contributed by atoms with van der Waals surface area (Å²) in [5.41, 5.74) is 2.03. The predicted molar refractivity (Wildman–Crippen MR) is 97.5 cm³/mol. The molecule has 2 amide bonds. The van der Waals surface area contributed by atoms with Crippen LogP contribution in [0.2, 0.25) is 0 Å². The van der Waals surface area contributed by atoms with Crippen LogP contribution in [0, 0.1) is 11.3 Å². The van der Waals surface area contributed by atoms with E-state index in [1.165, 1.54) is 0 Å². The number of amides is 2. The molecule has 5 nitrogen and oxygen atoms in total. The summed E-state index contributed by atoms with van der Waals surface area (Å²) in [5.74, 6) is 0.106. The van der Waals surface area contributed by atoms with Gasteiger partial charge in [0.2, 0.25) is 5.91 Å². The number of anilines is 1. The molecular weight excluding hydrogens is 326 g/mol. The number of carbonyl (C=O) groups excluding carboxylic acids is 2. The molecule has 2 atom stereocenters. The summed E-state index contributed by atoms with van der Waals surface area (Å²) < 4.78 is 0. The summed E-state index contributed by atoms with van der Waals surface area (Å²) in [6.45, 7) is 0.644. The standard InChI is InChI=1S/C21H19N3O2/c22-14-15-6-8-16(9-7-15)21(26)23-13-12-19-18(23)10-11-20(25)24(19)17-4-2-1-3-5-17/h1-9,18-19H,10-13H2/t18-,19-/m0/s1. The van der Waals surface area contributed by atoms with Gasteiger partial charge >= 0.3 is 0 Å². The third-order valence-electron chi connectivity index (χ3n) is 5.32. The first-order valence-electron chi connectivity index (χ1n) is 8.87. The van der Waals surface area contributed by atoms with Crippen LogP contribution in [0.4, 0.5) is 5.69 Å². The summed E-state index contributed by atoms with van der Waals surface area (Å²) in [5, 5.41) is 8.91. The van der Waals surface area contributed by atoms with Crippen LogP contribution in [0.25, 0.3) is 0 Å². The minimum absolute atomic E-state index is 0.0237. The molecule has 2 aromatic rings. The highest BCUT2D eigenvalue weighted by Crippen LogP contribution is 2.35. The van der Waals surface area contributed by atoms with Crippen molar-refractivity contribution in [3.8, 4) is 6.07 Å². The topological polar surface area (TPSA) is 64.4 Å². The molecule has 0 aromatic heterocycles. The molecule has 2 aliphatic rings. The molecule has 2 fully saturated rings. The zero-order valence-corrected chi connectivity index (χ0v) is 14.3. The zero-order valence-electron chi connectivity index (χ0n) is 14.3. The van der Waals surface area contributed by atoms with Gasteiger partial charge in [0.25, 0.3) is 5.91 Å². The summed E-state index contributed by atoms with van der Waals surface area (Å²) in [4.78, 5) is 29.3. The minimum atomic E-state index is -0.0237. The van der Waals surface area contributed by atoms with Crippen molar-refractivity contribution in [3.05, 3.63) is 65.7 Å². The highest BCUT2D eigenvalue weighted by molar-refractivity contribution is 5.97. The van der Waals surface area contributed by atoms with Gasteiger partial charge in [0.1, 0.15) is 0 Å². The average Bonchev–Trinajstić information content (AvgIpc) is 3.12. The smallest absolute Gasteiger partial charge is 0.254 e. The van der Waals surface area contributed by atoms with E-state index in [-0.39, 0.29) is 23.9 Å². The van der Waals surface area contributed by atoms with E-state index in [0.717, 1.165) is 12.1 Å². The van der Waals surface area contributed by atoms with Crippen molar-refractivity contribution < 1.29 is 9.59 Å². The maximum atomic E-state index is 13.0. The number of rotatable bonds is 2. The predicted octanol–water partition coefficient (Wildman–Crippen LogP) is 2.97. The number of piperidine rings is 1. The molecule has 2 saturated heterocycles. The fraction of sp³-hybridized carbons (Fsp3) is 0.286. The number of fused-ring (bicyclic) bond motifs is 1. The van der Waals surface area contributed by atoms with Crippen LogP contribution in [0.5, 0.6) is 0 Å². The van der Waals surface area contributed by atoms with Gasteiger partial charge in [-0.25, -0.2) is 0 Å². The van der Waals surface area contributed by atoms with E-state index in [0.29, 0.717) is 30.5 Å². The molecule has 2 heterocycles. The molecule has 130 valence electrons. The van der Waals surface area contributed by atoms with Crippen LogP contribution >= 0.6 is 0 Å². The molecule has 26 heavy (non-hydrogen) atoms. The Kier molecular flexibility index (Phi) is 4.18. The fourth-order valence-corrected chi connectivity index (χ4v) is 4.09. The Hall–Kier alpha value is -3.13. The monoisotopic (exact) mass is 345 g/mol. The number of nitriles is 1. The Labute approximate surface area is 152 Å². The van der Waals surface area contributed by atoms with Crippen molar-refractivity contribution in [3.63, 3.8) is 0 Å². The molecule has 0 radical (unpaired) electrons. The van der Waals surface area contributed by atoms with E-state index in [2.05, 4.69) is 6.07 Å². The van der Waals surface area contributed by atoms with Crippen molar-refractivity contribution in [1.82, 2.24) is 4.90 Å². The maximum absolute atomic E-state index is 13.0. The van der Waals surface area contributed by atoms with E-state index in [9.17, 15) is 9.59 Å². The molecular formula is C21H19N3O2. The molecule has 0 saturated carbocycles. The second-order valence-electron chi connectivity index (χ2n) is 6.75. The Bertz CT molecular complexity index is 870. The molecule has 5 heteroatoms. The van der Waals surface area contributed by atoms with E-state index >= 15 is 0 Å². The maximum Gasteiger partial charge on any atom is 0.254 e. The fourth-order valence-electron chi connectivity index (χ4n) is 4.09.